The normalized spacial score (nSPS) is 68.3. The Kier molecular flexibility index (Phi) is 0.640. The van der Waals surface area contributed by atoms with Crippen molar-refractivity contribution >= 4 is 0 Å². The van der Waals surface area contributed by atoms with Gasteiger partial charge in [-0.3, -0.25) is 0 Å². The highest BCUT2D eigenvalue weighted by molar-refractivity contribution is 5.11. The van der Waals surface area contributed by atoms with Crippen LogP contribution in [0.15, 0.2) is 0 Å². The lowest BCUT2D eigenvalue weighted by molar-refractivity contribution is 0.386. The van der Waals surface area contributed by atoms with E-state index in [9.17, 15) is 0 Å². The molecule has 0 spiro atoms. The molecule has 0 aromatic heterocycles. The van der Waals surface area contributed by atoms with Crippen LogP contribution in [0.5, 0.6) is 0 Å². The summed E-state index contributed by atoms with van der Waals surface area (Å²) in [4.78, 5) is 0. The van der Waals surface area contributed by atoms with E-state index >= 15 is 0 Å². The molecule has 0 aromatic carbocycles. The van der Waals surface area contributed by atoms with Crippen molar-refractivity contribution in [1.82, 2.24) is 0 Å². The second-order valence-corrected chi connectivity index (χ2v) is 4.36. The van der Waals surface area contributed by atoms with E-state index in [0.717, 1.165) is 5.92 Å². The Bertz CT molecular complexity index is 150. The van der Waals surface area contributed by atoms with Crippen molar-refractivity contribution in [3.8, 4) is 0 Å². The Morgan fingerprint density at radius 1 is 1.00 bits per heavy atom. The van der Waals surface area contributed by atoms with Crippen molar-refractivity contribution in [2.75, 3.05) is 0 Å². The zero-order valence-corrected chi connectivity index (χ0v) is 6.01. The number of hydrogen-bond donors (Lipinski definition) is 0. The minimum Gasteiger partial charge on any atom is -0.0622 e. The SMILES string of the molecule is CC1CC2C3CCC1C32. The molecule has 5 unspecified atom stereocenters. The molecular formula is C9H14. The van der Waals surface area contributed by atoms with Crippen LogP contribution in [0.1, 0.15) is 26.2 Å². The maximum atomic E-state index is 2.46. The first-order valence-corrected chi connectivity index (χ1v) is 4.38. The smallest absolute Gasteiger partial charge is 0.0321 e. The van der Waals surface area contributed by atoms with E-state index in [1.807, 2.05) is 0 Å². The molecule has 3 saturated carbocycles. The highest BCUT2D eigenvalue weighted by Gasteiger charge is 2.63. The van der Waals surface area contributed by atoms with Gasteiger partial charge in [0.05, 0.1) is 0 Å². The summed E-state index contributed by atoms with van der Waals surface area (Å²) in [5.41, 5.74) is 0. The van der Waals surface area contributed by atoms with Crippen LogP contribution in [0.2, 0.25) is 0 Å². The summed E-state index contributed by atoms with van der Waals surface area (Å²) in [5.74, 6) is 5.96. The second-order valence-electron chi connectivity index (χ2n) is 4.36. The standard InChI is InChI=1S/C9H14/c1-5-4-8-7-3-2-6(5)9(7)8/h5-9H,2-4H2,1H3. The average molecular weight is 122 g/mol. The van der Waals surface area contributed by atoms with Gasteiger partial charge in [0.2, 0.25) is 0 Å². The van der Waals surface area contributed by atoms with Gasteiger partial charge in [-0.25, -0.2) is 0 Å². The number of hydrogen-bond acceptors (Lipinski definition) is 0. The van der Waals surface area contributed by atoms with Gasteiger partial charge >= 0.3 is 0 Å². The summed E-state index contributed by atoms with van der Waals surface area (Å²) in [7, 11) is 0. The Morgan fingerprint density at radius 2 is 1.78 bits per heavy atom. The Morgan fingerprint density at radius 3 is 2.44 bits per heavy atom. The van der Waals surface area contributed by atoms with Gasteiger partial charge in [-0.05, 0) is 48.9 Å². The van der Waals surface area contributed by atoms with Gasteiger partial charge in [-0.15, -0.1) is 0 Å². The fourth-order valence-electron chi connectivity index (χ4n) is 3.69. The van der Waals surface area contributed by atoms with E-state index in [4.69, 9.17) is 0 Å². The van der Waals surface area contributed by atoms with Crippen LogP contribution in [0.3, 0.4) is 0 Å². The minimum atomic E-state index is 1.10. The quantitative estimate of drug-likeness (QED) is 0.462. The van der Waals surface area contributed by atoms with Crippen LogP contribution >= 0.6 is 0 Å². The highest BCUT2D eigenvalue weighted by Crippen LogP contribution is 2.70. The summed E-state index contributed by atoms with van der Waals surface area (Å²) in [6, 6.07) is 0. The van der Waals surface area contributed by atoms with Crippen LogP contribution in [-0.4, -0.2) is 0 Å². The first-order valence-electron chi connectivity index (χ1n) is 4.38. The van der Waals surface area contributed by atoms with Gasteiger partial charge < -0.3 is 0 Å². The molecule has 0 heterocycles. The van der Waals surface area contributed by atoms with Gasteiger partial charge in [-0.1, -0.05) is 6.92 Å². The first kappa shape index (κ1) is 4.76. The van der Waals surface area contributed by atoms with Crippen molar-refractivity contribution in [2.45, 2.75) is 26.2 Å². The molecule has 0 aliphatic heterocycles. The van der Waals surface area contributed by atoms with Crippen molar-refractivity contribution in [3.63, 3.8) is 0 Å². The van der Waals surface area contributed by atoms with E-state index in [-0.39, 0.29) is 0 Å². The van der Waals surface area contributed by atoms with E-state index in [2.05, 4.69) is 6.92 Å². The summed E-state index contributed by atoms with van der Waals surface area (Å²) in [6.07, 6.45) is 4.75. The van der Waals surface area contributed by atoms with Crippen molar-refractivity contribution in [2.24, 2.45) is 29.6 Å². The van der Waals surface area contributed by atoms with Crippen LogP contribution in [0.4, 0.5) is 0 Å². The highest BCUT2D eigenvalue weighted by atomic mass is 14.7. The molecule has 3 fully saturated rings. The van der Waals surface area contributed by atoms with E-state index in [0.29, 0.717) is 0 Å². The molecule has 3 aliphatic rings. The van der Waals surface area contributed by atoms with E-state index in [1.165, 1.54) is 23.7 Å². The maximum Gasteiger partial charge on any atom is -0.0321 e. The minimum absolute atomic E-state index is 1.10. The number of fused-ring (bicyclic) bond motifs is 1. The van der Waals surface area contributed by atoms with Gasteiger partial charge in [0.1, 0.15) is 0 Å². The van der Waals surface area contributed by atoms with E-state index in [1.54, 1.807) is 19.3 Å². The summed E-state index contributed by atoms with van der Waals surface area (Å²) in [5, 5.41) is 0. The predicted molar refractivity (Wildman–Crippen MR) is 37.0 cm³/mol. The molecule has 0 aromatic rings. The molecule has 50 valence electrons. The lowest BCUT2D eigenvalue weighted by Gasteiger charge is -2.11. The van der Waals surface area contributed by atoms with Crippen LogP contribution in [-0.2, 0) is 0 Å². The Labute approximate surface area is 56.6 Å². The molecule has 0 nitrogen and oxygen atoms in total. The van der Waals surface area contributed by atoms with Crippen molar-refractivity contribution < 1.29 is 0 Å². The monoisotopic (exact) mass is 122 g/mol. The summed E-state index contributed by atoms with van der Waals surface area (Å²) in [6.45, 7) is 2.46. The van der Waals surface area contributed by atoms with Crippen LogP contribution in [0.25, 0.3) is 0 Å². The molecule has 3 rings (SSSR count). The van der Waals surface area contributed by atoms with Crippen LogP contribution < -0.4 is 0 Å². The molecule has 0 N–H and O–H groups in total. The molecule has 0 amide bonds. The second kappa shape index (κ2) is 1.21. The fraction of sp³-hybridized carbons (Fsp3) is 1.00. The molecule has 0 saturated heterocycles. The van der Waals surface area contributed by atoms with Crippen molar-refractivity contribution in [3.05, 3.63) is 0 Å². The molecule has 0 radical (unpaired) electrons. The Hall–Kier alpha value is 0. The van der Waals surface area contributed by atoms with Gasteiger partial charge in [0, 0.05) is 0 Å². The Balaban J connectivity index is 1.96. The van der Waals surface area contributed by atoms with Crippen LogP contribution in [0, 0.1) is 29.6 Å². The van der Waals surface area contributed by atoms with Gasteiger partial charge in [0.25, 0.3) is 0 Å². The molecule has 5 atom stereocenters. The maximum absolute atomic E-state index is 2.46. The van der Waals surface area contributed by atoms with Gasteiger partial charge in [-0.2, -0.15) is 0 Å². The number of rotatable bonds is 0. The first-order chi connectivity index (χ1) is 4.38. The molecular weight excluding hydrogens is 108 g/mol. The molecule has 0 heteroatoms. The average Bonchev–Trinajstić information content (AvgIpc) is 2.30. The lowest BCUT2D eigenvalue weighted by atomic mass is 9.95. The topological polar surface area (TPSA) is 0 Å². The lowest BCUT2D eigenvalue weighted by Crippen LogP contribution is -2.03. The van der Waals surface area contributed by atoms with Gasteiger partial charge in [0.15, 0.2) is 0 Å². The van der Waals surface area contributed by atoms with E-state index < -0.39 is 0 Å². The predicted octanol–water partition coefficient (Wildman–Crippen LogP) is 2.30. The third kappa shape index (κ3) is 0.395. The zero-order chi connectivity index (χ0) is 6.01. The summed E-state index contributed by atoms with van der Waals surface area (Å²) >= 11 is 0. The third-order valence-electron chi connectivity index (χ3n) is 4.10. The zero-order valence-electron chi connectivity index (χ0n) is 6.01. The van der Waals surface area contributed by atoms with Crippen molar-refractivity contribution in [1.29, 1.82) is 0 Å². The molecule has 0 bridgehead atoms. The fourth-order valence-corrected chi connectivity index (χ4v) is 3.69. The molecule has 9 heavy (non-hydrogen) atoms. The molecule has 3 aliphatic carbocycles. The third-order valence-corrected chi connectivity index (χ3v) is 4.10. The summed E-state index contributed by atoms with van der Waals surface area (Å²) < 4.78 is 0. The largest absolute Gasteiger partial charge is 0.0622 e.